The summed E-state index contributed by atoms with van der Waals surface area (Å²) in [6.45, 7) is 2.32. The van der Waals surface area contributed by atoms with Crippen LogP contribution in [0, 0.1) is 6.92 Å². The number of anilines is 1. The number of hydrogen-bond acceptors (Lipinski definition) is 4. The van der Waals surface area contributed by atoms with Crippen molar-refractivity contribution in [2.24, 2.45) is 0 Å². The molecule has 0 N–H and O–H groups in total. The van der Waals surface area contributed by atoms with E-state index in [1.54, 1.807) is 6.20 Å². The normalized spacial score (nSPS) is 9.80. The molecule has 1 heterocycles. The highest BCUT2D eigenvalue weighted by Gasteiger charge is 2.06. The summed E-state index contributed by atoms with van der Waals surface area (Å²) in [6, 6.07) is 1.88. The lowest BCUT2D eigenvalue weighted by Gasteiger charge is -2.17. The quantitative estimate of drug-likeness (QED) is 0.542. The number of carbonyl (C=O) groups is 1. The van der Waals surface area contributed by atoms with Crippen LogP contribution in [0.4, 0.5) is 5.69 Å². The van der Waals surface area contributed by atoms with Crippen LogP contribution in [0.5, 0.6) is 5.75 Å². The third kappa shape index (κ3) is 3.23. The first kappa shape index (κ1) is 11.5. The summed E-state index contributed by atoms with van der Waals surface area (Å²) in [5, 5.41) is 0. The van der Waals surface area contributed by atoms with Crippen molar-refractivity contribution in [1.29, 1.82) is 0 Å². The molecule has 1 aromatic heterocycles. The zero-order chi connectivity index (χ0) is 11.3. The number of ether oxygens (including phenoxy) is 1. The maximum atomic E-state index is 10.2. The van der Waals surface area contributed by atoms with Crippen LogP contribution in [0.25, 0.3) is 0 Å². The van der Waals surface area contributed by atoms with E-state index in [-0.39, 0.29) is 0 Å². The summed E-state index contributed by atoms with van der Waals surface area (Å²) in [7, 11) is 3.86. The monoisotopic (exact) mass is 208 g/mol. The van der Waals surface area contributed by atoms with Gasteiger partial charge in [-0.05, 0) is 6.92 Å². The zero-order valence-electron chi connectivity index (χ0n) is 9.36. The van der Waals surface area contributed by atoms with Gasteiger partial charge in [-0.2, -0.15) is 0 Å². The summed E-state index contributed by atoms with van der Waals surface area (Å²) in [5.74, 6) is 0.773. The summed E-state index contributed by atoms with van der Waals surface area (Å²) >= 11 is 0. The summed E-state index contributed by atoms with van der Waals surface area (Å²) in [4.78, 5) is 16.3. The molecular formula is C11H16N2O2. The lowest BCUT2D eigenvalue weighted by molar-refractivity contribution is -0.108. The molecule has 0 amide bonds. The average molecular weight is 208 g/mol. The van der Waals surface area contributed by atoms with Crippen molar-refractivity contribution in [3.63, 3.8) is 0 Å². The number of rotatable bonds is 5. The van der Waals surface area contributed by atoms with E-state index in [0.717, 1.165) is 23.4 Å². The van der Waals surface area contributed by atoms with E-state index in [4.69, 9.17) is 4.74 Å². The first-order chi connectivity index (χ1) is 7.15. The number of nitrogens with zero attached hydrogens (tertiary/aromatic N) is 2. The molecule has 0 aliphatic heterocycles. The van der Waals surface area contributed by atoms with E-state index < -0.39 is 0 Å². The fraction of sp³-hybridized carbons (Fsp3) is 0.455. The third-order valence-electron chi connectivity index (χ3n) is 1.96. The van der Waals surface area contributed by atoms with E-state index in [9.17, 15) is 4.79 Å². The minimum Gasteiger partial charge on any atom is -0.491 e. The minimum atomic E-state index is 0.411. The predicted molar refractivity (Wildman–Crippen MR) is 59.5 cm³/mol. The summed E-state index contributed by atoms with van der Waals surface area (Å²) in [6.07, 6.45) is 3.03. The Hall–Kier alpha value is -1.58. The van der Waals surface area contributed by atoms with Gasteiger partial charge in [-0.1, -0.05) is 0 Å². The van der Waals surface area contributed by atoms with Crippen molar-refractivity contribution in [3.8, 4) is 5.75 Å². The molecule has 0 unspecified atom stereocenters. The molecule has 1 rings (SSSR count). The van der Waals surface area contributed by atoms with Crippen LogP contribution in [0.3, 0.4) is 0 Å². The molecule has 0 saturated carbocycles. The average Bonchev–Trinajstić information content (AvgIpc) is 2.18. The van der Waals surface area contributed by atoms with Crippen molar-refractivity contribution in [1.82, 2.24) is 4.98 Å². The molecule has 0 spiro atoms. The molecule has 4 nitrogen and oxygen atoms in total. The Morgan fingerprint density at radius 3 is 2.87 bits per heavy atom. The largest absolute Gasteiger partial charge is 0.491 e. The van der Waals surface area contributed by atoms with E-state index in [0.29, 0.717) is 13.0 Å². The van der Waals surface area contributed by atoms with Crippen molar-refractivity contribution < 1.29 is 9.53 Å². The lowest BCUT2D eigenvalue weighted by atomic mass is 10.3. The molecule has 0 saturated heterocycles. The third-order valence-corrected chi connectivity index (χ3v) is 1.96. The number of aldehydes is 1. The Balaban J connectivity index is 2.82. The fourth-order valence-electron chi connectivity index (χ4n) is 1.20. The van der Waals surface area contributed by atoms with Crippen molar-refractivity contribution in [3.05, 3.63) is 18.0 Å². The number of aryl methyl sites for hydroxylation is 1. The summed E-state index contributed by atoms with van der Waals surface area (Å²) < 4.78 is 5.51. The minimum absolute atomic E-state index is 0.411. The first-order valence-corrected chi connectivity index (χ1v) is 4.85. The molecule has 0 fully saturated rings. The molecule has 0 aromatic carbocycles. The van der Waals surface area contributed by atoms with Crippen molar-refractivity contribution >= 4 is 12.0 Å². The second kappa shape index (κ2) is 5.34. The van der Waals surface area contributed by atoms with Gasteiger partial charge in [0.25, 0.3) is 0 Å². The molecular weight excluding hydrogens is 192 g/mol. The standard InChI is InChI=1S/C11H16N2O2/c1-9-7-11(15-6-4-5-14)10(8-12-9)13(2)3/h5,7-8H,4,6H2,1-3H3. The van der Waals surface area contributed by atoms with Crippen molar-refractivity contribution in [2.75, 3.05) is 25.6 Å². The molecule has 15 heavy (non-hydrogen) atoms. The molecule has 4 heteroatoms. The molecule has 0 aliphatic rings. The fourth-order valence-corrected chi connectivity index (χ4v) is 1.20. The number of aromatic nitrogens is 1. The Morgan fingerprint density at radius 1 is 1.53 bits per heavy atom. The van der Waals surface area contributed by atoms with Crippen LogP contribution in [0.2, 0.25) is 0 Å². The molecule has 82 valence electrons. The SMILES string of the molecule is Cc1cc(OCCC=O)c(N(C)C)cn1. The van der Waals surface area contributed by atoms with Crippen LogP contribution < -0.4 is 9.64 Å². The smallest absolute Gasteiger partial charge is 0.145 e. The van der Waals surface area contributed by atoms with Gasteiger partial charge in [0.15, 0.2) is 0 Å². The van der Waals surface area contributed by atoms with Crippen LogP contribution in [-0.4, -0.2) is 32.0 Å². The van der Waals surface area contributed by atoms with Crippen LogP contribution >= 0.6 is 0 Å². The van der Waals surface area contributed by atoms with E-state index in [2.05, 4.69) is 4.98 Å². The van der Waals surface area contributed by atoms with Crippen molar-refractivity contribution in [2.45, 2.75) is 13.3 Å². The number of pyridine rings is 1. The Kier molecular flexibility index (Phi) is 4.09. The van der Waals surface area contributed by atoms with E-state index in [1.807, 2.05) is 32.0 Å². The van der Waals surface area contributed by atoms with Gasteiger partial charge in [-0.15, -0.1) is 0 Å². The summed E-state index contributed by atoms with van der Waals surface area (Å²) in [5.41, 5.74) is 1.83. The lowest BCUT2D eigenvalue weighted by Crippen LogP contribution is -2.12. The van der Waals surface area contributed by atoms with Gasteiger partial charge in [0.2, 0.25) is 0 Å². The first-order valence-electron chi connectivity index (χ1n) is 4.85. The van der Waals surface area contributed by atoms with Crippen LogP contribution in [0.15, 0.2) is 12.3 Å². The molecule has 0 radical (unpaired) electrons. The predicted octanol–water partition coefficient (Wildman–Crippen LogP) is 1.42. The second-order valence-corrected chi connectivity index (χ2v) is 3.49. The van der Waals surface area contributed by atoms with Crippen LogP contribution in [-0.2, 0) is 4.79 Å². The maximum absolute atomic E-state index is 10.2. The van der Waals surface area contributed by atoms with Crippen LogP contribution in [0.1, 0.15) is 12.1 Å². The Labute approximate surface area is 89.9 Å². The Bertz CT molecular complexity index is 337. The second-order valence-electron chi connectivity index (χ2n) is 3.49. The number of carbonyl (C=O) groups excluding carboxylic acids is 1. The molecule has 1 aromatic rings. The van der Waals surface area contributed by atoms with Gasteiger partial charge in [0.05, 0.1) is 18.5 Å². The zero-order valence-corrected chi connectivity index (χ0v) is 9.36. The highest BCUT2D eigenvalue weighted by atomic mass is 16.5. The molecule has 0 atom stereocenters. The van der Waals surface area contributed by atoms with E-state index in [1.165, 1.54) is 0 Å². The highest BCUT2D eigenvalue weighted by molar-refractivity contribution is 5.56. The topological polar surface area (TPSA) is 42.4 Å². The van der Waals surface area contributed by atoms with Gasteiger partial charge in [0.1, 0.15) is 12.0 Å². The van der Waals surface area contributed by atoms with Gasteiger partial charge in [-0.25, -0.2) is 0 Å². The van der Waals surface area contributed by atoms with Gasteiger partial charge < -0.3 is 14.4 Å². The van der Waals surface area contributed by atoms with Gasteiger partial charge in [-0.3, -0.25) is 4.98 Å². The van der Waals surface area contributed by atoms with Gasteiger partial charge >= 0.3 is 0 Å². The molecule has 0 bridgehead atoms. The molecule has 0 aliphatic carbocycles. The highest BCUT2D eigenvalue weighted by Crippen LogP contribution is 2.26. The Morgan fingerprint density at radius 2 is 2.27 bits per heavy atom. The van der Waals surface area contributed by atoms with Gasteiger partial charge in [0, 0.05) is 32.3 Å². The maximum Gasteiger partial charge on any atom is 0.145 e. The van der Waals surface area contributed by atoms with E-state index >= 15 is 0 Å². The number of hydrogen-bond donors (Lipinski definition) is 0.